The molecule has 3 aromatic rings. The van der Waals surface area contributed by atoms with Crippen molar-refractivity contribution in [2.45, 2.75) is 50.1 Å². The van der Waals surface area contributed by atoms with E-state index in [0.29, 0.717) is 28.4 Å². The first-order chi connectivity index (χ1) is 14.7. The lowest BCUT2D eigenvalue weighted by Gasteiger charge is -2.32. The van der Waals surface area contributed by atoms with E-state index in [4.69, 9.17) is 9.97 Å². The van der Waals surface area contributed by atoms with E-state index in [9.17, 15) is 8.42 Å². The Hall–Kier alpha value is -2.03. The van der Waals surface area contributed by atoms with Gasteiger partial charge in [-0.3, -0.25) is 4.90 Å². The summed E-state index contributed by atoms with van der Waals surface area (Å²) in [5, 5.41) is 3.04. The van der Waals surface area contributed by atoms with Crippen molar-refractivity contribution in [1.82, 2.24) is 14.9 Å². The predicted octanol–water partition coefficient (Wildman–Crippen LogP) is 4.46. The quantitative estimate of drug-likeness (QED) is 0.563. The number of aryl methyl sites for hydroxylation is 1. The first kappa shape index (κ1) is 22.2. The van der Waals surface area contributed by atoms with Crippen LogP contribution in [0.4, 0.5) is 5.95 Å². The molecule has 0 N–H and O–H groups in total. The predicted molar refractivity (Wildman–Crippen MR) is 128 cm³/mol. The first-order valence-corrected chi connectivity index (χ1v) is 13.5. The molecule has 1 fully saturated rings. The van der Waals surface area contributed by atoms with Crippen LogP contribution in [0.5, 0.6) is 0 Å². The van der Waals surface area contributed by atoms with Gasteiger partial charge in [-0.15, -0.1) is 11.3 Å². The Balaban J connectivity index is 1.55. The van der Waals surface area contributed by atoms with Crippen molar-refractivity contribution in [2.75, 3.05) is 31.3 Å². The molecule has 2 atom stereocenters. The van der Waals surface area contributed by atoms with Gasteiger partial charge in [0.15, 0.2) is 9.84 Å². The second-order valence-corrected chi connectivity index (χ2v) is 11.5. The van der Waals surface area contributed by atoms with Gasteiger partial charge in [0, 0.05) is 41.7 Å². The third-order valence-corrected chi connectivity index (χ3v) is 8.55. The van der Waals surface area contributed by atoms with Crippen LogP contribution in [0.2, 0.25) is 0 Å². The van der Waals surface area contributed by atoms with Crippen LogP contribution >= 0.6 is 11.3 Å². The van der Waals surface area contributed by atoms with Crippen molar-refractivity contribution in [3.63, 3.8) is 0 Å². The second-order valence-electron chi connectivity index (χ2n) is 8.49. The maximum atomic E-state index is 12.0. The molecule has 166 valence electrons. The van der Waals surface area contributed by atoms with E-state index in [-0.39, 0.29) is 0 Å². The highest BCUT2D eigenvalue weighted by atomic mass is 32.2. The van der Waals surface area contributed by atoms with Crippen molar-refractivity contribution < 1.29 is 8.42 Å². The summed E-state index contributed by atoms with van der Waals surface area (Å²) in [5.74, 6) is 0.699. The third-order valence-electron chi connectivity index (χ3n) is 6.40. The zero-order valence-corrected chi connectivity index (χ0v) is 20.2. The molecule has 3 heterocycles. The van der Waals surface area contributed by atoms with E-state index in [2.05, 4.69) is 41.3 Å². The number of hydrogen-bond donors (Lipinski definition) is 0. The number of anilines is 1. The number of thiophene rings is 1. The molecule has 2 aromatic heterocycles. The molecule has 1 aromatic carbocycles. The van der Waals surface area contributed by atoms with Crippen LogP contribution in [0.3, 0.4) is 0 Å². The summed E-state index contributed by atoms with van der Waals surface area (Å²) in [4.78, 5) is 16.0. The smallest absolute Gasteiger partial charge is 0.226 e. The molecular weight excluding hydrogens is 428 g/mol. The second kappa shape index (κ2) is 8.84. The maximum absolute atomic E-state index is 12.0. The standard InChI is InChI=1S/C23H30N4O2S2/c1-16-20-10-9-19(31(4,28)29)15-21(20)25-23(24-16)27-12-5-7-18(11-13-27)26(3)17(2)22-8-6-14-30-22/h6,8-10,14-15,17-18H,5,7,11-13H2,1-4H3/t17-,18+/m0/s1. The molecule has 31 heavy (non-hydrogen) atoms. The lowest BCUT2D eigenvalue weighted by molar-refractivity contribution is 0.174. The van der Waals surface area contributed by atoms with Crippen molar-refractivity contribution in [1.29, 1.82) is 0 Å². The highest BCUT2D eigenvalue weighted by Crippen LogP contribution is 2.29. The van der Waals surface area contributed by atoms with Gasteiger partial charge in [0.25, 0.3) is 0 Å². The topological polar surface area (TPSA) is 66.4 Å². The van der Waals surface area contributed by atoms with Gasteiger partial charge in [0.2, 0.25) is 5.95 Å². The van der Waals surface area contributed by atoms with Crippen LogP contribution in [0.1, 0.15) is 42.8 Å². The van der Waals surface area contributed by atoms with Gasteiger partial charge in [0.1, 0.15) is 0 Å². The molecule has 1 aliphatic rings. The molecule has 8 heteroatoms. The molecule has 0 aliphatic carbocycles. The zero-order valence-electron chi connectivity index (χ0n) is 18.6. The van der Waals surface area contributed by atoms with Gasteiger partial charge in [-0.2, -0.15) is 0 Å². The van der Waals surface area contributed by atoms with Crippen LogP contribution in [0, 0.1) is 6.92 Å². The summed E-state index contributed by atoms with van der Waals surface area (Å²) in [6.45, 7) is 6.05. The Morgan fingerprint density at radius 3 is 2.71 bits per heavy atom. The van der Waals surface area contributed by atoms with Gasteiger partial charge in [-0.25, -0.2) is 18.4 Å². The fraction of sp³-hybridized carbons (Fsp3) is 0.478. The fourth-order valence-electron chi connectivity index (χ4n) is 4.36. The Kier molecular flexibility index (Phi) is 6.32. The van der Waals surface area contributed by atoms with Crippen LogP contribution < -0.4 is 4.90 Å². The Morgan fingerprint density at radius 1 is 1.19 bits per heavy atom. The fourth-order valence-corrected chi connectivity index (χ4v) is 5.83. The highest BCUT2D eigenvalue weighted by Gasteiger charge is 2.26. The summed E-state index contributed by atoms with van der Waals surface area (Å²) in [5.41, 5.74) is 1.57. The molecule has 0 spiro atoms. The average Bonchev–Trinajstić information content (AvgIpc) is 3.16. The number of benzene rings is 1. The van der Waals surface area contributed by atoms with Gasteiger partial charge in [0.05, 0.1) is 16.1 Å². The lowest BCUT2D eigenvalue weighted by Crippen LogP contribution is -2.35. The van der Waals surface area contributed by atoms with Crippen LogP contribution in [-0.2, 0) is 9.84 Å². The van der Waals surface area contributed by atoms with E-state index in [0.717, 1.165) is 43.4 Å². The van der Waals surface area contributed by atoms with Crippen molar-refractivity contribution in [3.05, 3.63) is 46.3 Å². The Bertz CT molecular complexity index is 1160. The SMILES string of the molecule is Cc1nc(N2CCC[C@@H](N(C)[C@@H](C)c3cccs3)CC2)nc2cc(S(C)(=O)=O)ccc12. The number of hydrogen-bond acceptors (Lipinski definition) is 7. The zero-order chi connectivity index (χ0) is 22.2. The molecular formula is C23H30N4O2S2. The maximum Gasteiger partial charge on any atom is 0.226 e. The minimum Gasteiger partial charge on any atom is -0.341 e. The monoisotopic (exact) mass is 458 g/mol. The summed E-state index contributed by atoms with van der Waals surface area (Å²) >= 11 is 1.82. The summed E-state index contributed by atoms with van der Waals surface area (Å²) < 4.78 is 24.0. The van der Waals surface area contributed by atoms with E-state index < -0.39 is 9.84 Å². The Labute approximate surface area is 188 Å². The molecule has 0 unspecified atom stereocenters. The molecule has 0 radical (unpaired) electrons. The number of aromatic nitrogens is 2. The molecule has 0 bridgehead atoms. The van der Waals surface area contributed by atoms with E-state index in [1.165, 1.54) is 11.1 Å². The minimum absolute atomic E-state index is 0.296. The van der Waals surface area contributed by atoms with Gasteiger partial charge in [-0.1, -0.05) is 6.07 Å². The van der Waals surface area contributed by atoms with Gasteiger partial charge >= 0.3 is 0 Å². The van der Waals surface area contributed by atoms with Crippen LogP contribution in [-0.4, -0.2) is 55.7 Å². The number of sulfone groups is 1. The van der Waals surface area contributed by atoms with Crippen molar-refractivity contribution in [3.8, 4) is 0 Å². The van der Waals surface area contributed by atoms with E-state index in [1.807, 2.05) is 24.3 Å². The summed E-state index contributed by atoms with van der Waals surface area (Å²) in [6.07, 6.45) is 4.51. The molecule has 6 nitrogen and oxygen atoms in total. The largest absolute Gasteiger partial charge is 0.341 e. The third kappa shape index (κ3) is 4.76. The molecule has 0 saturated carbocycles. The molecule has 0 amide bonds. The van der Waals surface area contributed by atoms with E-state index >= 15 is 0 Å². The lowest BCUT2D eigenvalue weighted by atomic mass is 10.1. The first-order valence-electron chi connectivity index (χ1n) is 10.7. The number of rotatable bonds is 5. The highest BCUT2D eigenvalue weighted by molar-refractivity contribution is 7.90. The Morgan fingerprint density at radius 2 is 2.00 bits per heavy atom. The van der Waals surface area contributed by atoms with Crippen LogP contribution in [0.25, 0.3) is 10.9 Å². The summed E-state index contributed by atoms with van der Waals surface area (Å²) in [7, 11) is -1.04. The van der Waals surface area contributed by atoms with Crippen molar-refractivity contribution >= 4 is 38.0 Å². The minimum atomic E-state index is -3.27. The number of fused-ring (bicyclic) bond motifs is 1. The molecule has 1 saturated heterocycles. The number of nitrogens with zero attached hydrogens (tertiary/aromatic N) is 4. The van der Waals surface area contributed by atoms with Gasteiger partial charge in [-0.05, 0) is 69.8 Å². The molecule has 4 rings (SSSR count). The summed E-state index contributed by atoms with van der Waals surface area (Å²) in [6, 6.07) is 10.4. The van der Waals surface area contributed by atoms with Gasteiger partial charge < -0.3 is 4.90 Å². The molecule has 1 aliphatic heterocycles. The van der Waals surface area contributed by atoms with E-state index in [1.54, 1.807) is 12.1 Å². The van der Waals surface area contributed by atoms with Crippen LogP contribution in [0.15, 0.2) is 40.6 Å². The van der Waals surface area contributed by atoms with Crippen molar-refractivity contribution in [2.24, 2.45) is 0 Å². The average molecular weight is 459 g/mol. The normalized spacial score (nSPS) is 19.0.